The van der Waals surface area contributed by atoms with Gasteiger partial charge in [-0.3, -0.25) is 14.7 Å². The maximum Gasteiger partial charge on any atom is 0.329 e. The van der Waals surface area contributed by atoms with Crippen molar-refractivity contribution in [2.45, 2.75) is 6.04 Å². The highest BCUT2D eigenvalue weighted by Crippen LogP contribution is 2.33. The van der Waals surface area contributed by atoms with Crippen molar-refractivity contribution in [3.63, 3.8) is 0 Å². The molecule has 5 rings (SSSR count). The van der Waals surface area contributed by atoms with Crippen LogP contribution in [-0.4, -0.2) is 72.0 Å². The lowest BCUT2D eigenvalue weighted by molar-refractivity contribution is -0.148. The molecule has 2 aromatic carbocycles. The Bertz CT molecular complexity index is 1380. The minimum Gasteiger partial charge on any atom is -0.497 e. The number of amides is 1. The number of nitrogens with zero attached hydrogens (tertiary/aromatic N) is 4. The Morgan fingerprint density at radius 2 is 1.81 bits per heavy atom. The number of thiazole rings is 1. The normalized spacial score (nSPS) is 15.0. The summed E-state index contributed by atoms with van der Waals surface area (Å²) in [5.41, 5.74) is 3.06. The first-order chi connectivity index (χ1) is 17.6. The molecule has 3 heterocycles. The standard InChI is InChI=1S/C27H26N4O4S/c1-34-20-9-10-21-23(17-20)36-25(29-21)18-6-5-7-19(16-18)26(32)31-14-12-30(13-15-31)24(27(33)35-2)22-8-3-4-11-28-22/h3-11,16-17,24H,12-15H2,1-2H3. The summed E-state index contributed by atoms with van der Waals surface area (Å²) in [5, 5.41) is 0.856. The van der Waals surface area contributed by atoms with Crippen LogP contribution in [0.4, 0.5) is 0 Å². The number of hydrogen-bond acceptors (Lipinski definition) is 8. The predicted molar refractivity (Wildman–Crippen MR) is 138 cm³/mol. The number of methoxy groups -OCH3 is 2. The van der Waals surface area contributed by atoms with Crippen LogP contribution in [0, 0.1) is 0 Å². The van der Waals surface area contributed by atoms with Gasteiger partial charge in [-0.05, 0) is 42.5 Å². The van der Waals surface area contributed by atoms with Gasteiger partial charge in [-0.15, -0.1) is 11.3 Å². The Balaban J connectivity index is 1.30. The first-order valence-electron chi connectivity index (χ1n) is 11.6. The van der Waals surface area contributed by atoms with E-state index in [2.05, 4.69) is 4.98 Å². The van der Waals surface area contributed by atoms with E-state index in [1.807, 2.05) is 70.5 Å². The van der Waals surface area contributed by atoms with Crippen LogP contribution in [0.5, 0.6) is 5.75 Å². The molecule has 1 atom stereocenters. The molecule has 0 N–H and O–H groups in total. The zero-order chi connectivity index (χ0) is 25.1. The van der Waals surface area contributed by atoms with Gasteiger partial charge in [0.25, 0.3) is 5.91 Å². The van der Waals surface area contributed by atoms with Gasteiger partial charge in [0.15, 0.2) is 6.04 Å². The molecule has 1 aliphatic heterocycles. The molecule has 36 heavy (non-hydrogen) atoms. The van der Waals surface area contributed by atoms with Crippen LogP contribution in [-0.2, 0) is 9.53 Å². The fourth-order valence-electron chi connectivity index (χ4n) is 4.41. The first-order valence-corrected chi connectivity index (χ1v) is 12.5. The Morgan fingerprint density at radius 1 is 0.972 bits per heavy atom. The van der Waals surface area contributed by atoms with Crippen molar-refractivity contribution in [2.75, 3.05) is 40.4 Å². The third kappa shape index (κ3) is 4.80. The number of hydrogen-bond donors (Lipinski definition) is 0. The maximum atomic E-state index is 13.3. The molecule has 1 aliphatic rings. The molecule has 0 bridgehead atoms. The minimum absolute atomic E-state index is 0.0354. The number of benzene rings is 2. The van der Waals surface area contributed by atoms with Gasteiger partial charge in [-0.1, -0.05) is 18.2 Å². The van der Waals surface area contributed by atoms with Crippen molar-refractivity contribution in [2.24, 2.45) is 0 Å². The molecule has 0 aliphatic carbocycles. The summed E-state index contributed by atoms with van der Waals surface area (Å²) in [7, 11) is 3.03. The van der Waals surface area contributed by atoms with E-state index in [-0.39, 0.29) is 11.9 Å². The molecule has 0 saturated carbocycles. The molecule has 0 spiro atoms. The number of pyridine rings is 1. The van der Waals surface area contributed by atoms with Crippen LogP contribution in [0.25, 0.3) is 20.8 Å². The van der Waals surface area contributed by atoms with Crippen LogP contribution in [0.15, 0.2) is 66.9 Å². The summed E-state index contributed by atoms with van der Waals surface area (Å²) in [5.74, 6) is 0.402. The number of carbonyl (C=O) groups excluding carboxylic acids is 2. The number of esters is 1. The van der Waals surface area contributed by atoms with Crippen LogP contribution in [0.3, 0.4) is 0 Å². The Labute approximate surface area is 213 Å². The molecule has 4 aromatic rings. The van der Waals surface area contributed by atoms with Gasteiger partial charge >= 0.3 is 5.97 Å². The van der Waals surface area contributed by atoms with E-state index >= 15 is 0 Å². The van der Waals surface area contributed by atoms with Crippen LogP contribution >= 0.6 is 11.3 Å². The SMILES string of the molecule is COC(=O)C(c1ccccn1)N1CCN(C(=O)c2cccc(-c3nc4ccc(OC)cc4s3)c2)CC1. The van der Waals surface area contributed by atoms with Crippen molar-refractivity contribution in [3.05, 3.63) is 78.1 Å². The fourth-order valence-corrected chi connectivity index (χ4v) is 5.40. The smallest absolute Gasteiger partial charge is 0.329 e. The second-order valence-electron chi connectivity index (χ2n) is 8.44. The number of aromatic nitrogens is 2. The predicted octanol–water partition coefficient (Wildman–Crippen LogP) is 4.04. The van der Waals surface area contributed by atoms with Gasteiger partial charge < -0.3 is 14.4 Å². The molecule has 9 heteroatoms. The lowest BCUT2D eigenvalue weighted by Gasteiger charge is -2.37. The van der Waals surface area contributed by atoms with E-state index in [1.165, 1.54) is 7.11 Å². The van der Waals surface area contributed by atoms with E-state index in [0.717, 1.165) is 26.5 Å². The molecular formula is C27H26N4O4S. The summed E-state index contributed by atoms with van der Waals surface area (Å²) in [4.78, 5) is 38.8. The van der Waals surface area contributed by atoms with Crippen molar-refractivity contribution < 1.29 is 19.1 Å². The summed E-state index contributed by atoms with van der Waals surface area (Å²) < 4.78 is 11.4. The Hall–Kier alpha value is -3.82. The van der Waals surface area contributed by atoms with Crippen LogP contribution in [0.1, 0.15) is 22.1 Å². The number of fused-ring (bicyclic) bond motifs is 1. The monoisotopic (exact) mass is 502 g/mol. The van der Waals surface area contributed by atoms with Crippen molar-refractivity contribution in [3.8, 4) is 16.3 Å². The lowest BCUT2D eigenvalue weighted by atomic mass is 10.1. The summed E-state index contributed by atoms with van der Waals surface area (Å²) >= 11 is 1.57. The fraction of sp³-hybridized carbons (Fsp3) is 0.259. The summed E-state index contributed by atoms with van der Waals surface area (Å²) in [6.45, 7) is 2.09. The molecule has 8 nitrogen and oxygen atoms in total. The van der Waals surface area contributed by atoms with Crippen LogP contribution < -0.4 is 4.74 Å². The van der Waals surface area contributed by atoms with E-state index in [4.69, 9.17) is 14.5 Å². The molecule has 0 radical (unpaired) electrons. The quantitative estimate of drug-likeness (QED) is 0.368. The van der Waals surface area contributed by atoms with Gasteiger partial charge in [0.05, 0.1) is 30.1 Å². The summed E-state index contributed by atoms with van der Waals surface area (Å²) in [6, 6.07) is 18.3. The van der Waals surface area contributed by atoms with E-state index in [0.29, 0.717) is 37.4 Å². The highest BCUT2D eigenvalue weighted by Gasteiger charge is 2.33. The average Bonchev–Trinajstić information content (AvgIpc) is 3.37. The maximum absolute atomic E-state index is 13.3. The third-order valence-electron chi connectivity index (χ3n) is 6.31. The zero-order valence-corrected chi connectivity index (χ0v) is 20.9. The molecule has 1 amide bonds. The van der Waals surface area contributed by atoms with Crippen molar-refractivity contribution in [1.29, 1.82) is 0 Å². The second kappa shape index (κ2) is 10.4. The van der Waals surface area contributed by atoms with Crippen molar-refractivity contribution in [1.82, 2.24) is 19.8 Å². The van der Waals surface area contributed by atoms with Gasteiger partial charge in [0, 0.05) is 43.5 Å². The van der Waals surface area contributed by atoms with E-state index in [1.54, 1.807) is 24.6 Å². The minimum atomic E-state index is -0.588. The molecule has 1 unspecified atom stereocenters. The Kier molecular flexibility index (Phi) is 6.92. The number of rotatable bonds is 6. The second-order valence-corrected chi connectivity index (χ2v) is 9.47. The molecule has 2 aromatic heterocycles. The highest BCUT2D eigenvalue weighted by atomic mass is 32.1. The first kappa shape index (κ1) is 23.9. The average molecular weight is 503 g/mol. The van der Waals surface area contributed by atoms with E-state index < -0.39 is 6.04 Å². The Morgan fingerprint density at radius 3 is 2.53 bits per heavy atom. The number of ether oxygens (including phenoxy) is 2. The van der Waals surface area contributed by atoms with Crippen molar-refractivity contribution >= 4 is 33.4 Å². The highest BCUT2D eigenvalue weighted by molar-refractivity contribution is 7.21. The molecule has 1 saturated heterocycles. The molecule has 184 valence electrons. The van der Waals surface area contributed by atoms with Gasteiger partial charge in [-0.2, -0.15) is 0 Å². The topological polar surface area (TPSA) is 84.9 Å². The molecular weight excluding hydrogens is 476 g/mol. The van der Waals surface area contributed by atoms with Gasteiger partial charge in [0.2, 0.25) is 0 Å². The van der Waals surface area contributed by atoms with Gasteiger partial charge in [0.1, 0.15) is 10.8 Å². The third-order valence-corrected chi connectivity index (χ3v) is 7.38. The van der Waals surface area contributed by atoms with Gasteiger partial charge in [-0.25, -0.2) is 9.78 Å². The lowest BCUT2D eigenvalue weighted by Crippen LogP contribution is -2.51. The van der Waals surface area contributed by atoms with Crippen LogP contribution in [0.2, 0.25) is 0 Å². The van der Waals surface area contributed by atoms with E-state index in [9.17, 15) is 9.59 Å². The summed E-state index contributed by atoms with van der Waals surface area (Å²) in [6.07, 6.45) is 1.67. The number of carbonyl (C=O) groups is 2. The zero-order valence-electron chi connectivity index (χ0n) is 20.1. The molecule has 1 fully saturated rings. The largest absolute Gasteiger partial charge is 0.497 e. The number of piperazine rings is 1.